The van der Waals surface area contributed by atoms with Gasteiger partial charge in [-0.1, -0.05) is 13.8 Å². The smallest absolute Gasteiger partial charge is 0.244 e. The van der Waals surface area contributed by atoms with E-state index in [-0.39, 0.29) is 4.90 Å². The summed E-state index contributed by atoms with van der Waals surface area (Å²) in [6.07, 6.45) is 8.61. The van der Waals surface area contributed by atoms with E-state index in [2.05, 4.69) is 28.4 Å². The molecule has 24 heavy (non-hydrogen) atoms. The average Bonchev–Trinajstić information content (AvgIpc) is 3.04. The molecule has 1 aliphatic rings. The van der Waals surface area contributed by atoms with Gasteiger partial charge in [0.1, 0.15) is 10.7 Å². The molecule has 0 amide bonds. The summed E-state index contributed by atoms with van der Waals surface area (Å²) < 4.78 is 29.0. The molecule has 0 unspecified atom stereocenters. The van der Waals surface area contributed by atoms with Crippen LogP contribution < -0.4 is 0 Å². The maximum Gasteiger partial charge on any atom is 0.244 e. The number of hydrogen-bond donors (Lipinski definition) is 0. The Morgan fingerprint density at radius 3 is 2.62 bits per heavy atom. The van der Waals surface area contributed by atoms with Gasteiger partial charge in [0.25, 0.3) is 0 Å². The Balaban J connectivity index is 1.63. The first-order chi connectivity index (χ1) is 11.5. The van der Waals surface area contributed by atoms with Gasteiger partial charge in [-0.05, 0) is 30.9 Å². The van der Waals surface area contributed by atoms with E-state index in [1.807, 2.05) is 12.4 Å². The van der Waals surface area contributed by atoms with Crippen molar-refractivity contribution in [2.75, 3.05) is 13.1 Å². The second-order valence-electron chi connectivity index (χ2n) is 6.63. The van der Waals surface area contributed by atoms with Crippen molar-refractivity contribution in [3.63, 3.8) is 0 Å². The summed E-state index contributed by atoms with van der Waals surface area (Å²) in [7, 11) is -3.42. The normalized spacial score (nSPS) is 17.5. The largest absolute Gasteiger partial charge is 0.334 e. The molecule has 3 rings (SSSR count). The van der Waals surface area contributed by atoms with Crippen LogP contribution in [0.15, 0.2) is 41.8 Å². The van der Waals surface area contributed by atoms with E-state index in [4.69, 9.17) is 0 Å². The summed E-state index contributed by atoms with van der Waals surface area (Å²) in [6.45, 7) is 6.32. The molecule has 0 saturated carbocycles. The van der Waals surface area contributed by atoms with Crippen molar-refractivity contribution in [3.8, 4) is 0 Å². The molecule has 0 spiro atoms. The summed E-state index contributed by atoms with van der Waals surface area (Å²) in [5.74, 6) is 1.98. The molecule has 3 heterocycles. The van der Waals surface area contributed by atoms with Crippen molar-refractivity contribution in [2.24, 2.45) is 5.92 Å². The zero-order valence-corrected chi connectivity index (χ0v) is 15.0. The first kappa shape index (κ1) is 17.1. The third kappa shape index (κ3) is 3.52. The molecule has 0 radical (unpaired) electrons. The topological polar surface area (TPSA) is 68.1 Å². The van der Waals surface area contributed by atoms with Gasteiger partial charge in [-0.2, -0.15) is 4.31 Å². The average molecular weight is 348 g/mol. The first-order valence-electron chi connectivity index (χ1n) is 8.39. The van der Waals surface area contributed by atoms with Crippen LogP contribution in [0.5, 0.6) is 0 Å². The van der Waals surface area contributed by atoms with Crippen molar-refractivity contribution in [1.29, 1.82) is 0 Å². The molecule has 7 heteroatoms. The van der Waals surface area contributed by atoms with Gasteiger partial charge in [-0.25, -0.2) is 13.4 Å². The molecular formula is C17H24N4O2S. The van der Waals surface area contributed by atoms with E-state index in [1.165, 1.54) is 6.20 Å². The van der Waals surface area contributed by atoms with Crippen LogP contribution in [0.1, 0.15) is 38.4 Å². The highest BCUT2D eigenvalue weighted by molar-refractivity contribution is 7.89. The zero-order valence-electron chi connectivity index (χ0n) is 14.2. The SMILES string of the molecule is CC(C)c1nccn1CC1CCN(S(=O)(=O)c2cccnc2)CC1. The van der Waals surface area contributed by atoms with E-state index in [0.717, 1.165) is 25.2 Å². The van der Waals surface area contributed by atoms with E-state index < -0.39 is 10.0 Å². The lowest BCUT2D eigenvalue weighted by molar-refractivity contribution is 0.251. The Kier molecular flexibility index (Phi) is 5.01. The minimum absolute atomic E-state index is 0.278. The molecule has 130 valence electrons. The molecule has 0 N–H and O–H groups in total. The van der Waals surface area contributed by atoms with Crippen LogP contribution in [-0.2, 0) is 16.6 Å². The Hall–Kier alpha value is -1.73. The molecule has 0 aliphatic carbocycles. The van der Waals surface area contributed by atoms with Gasteiger partial charge >= 0.3 is 0 Å². The van der Waals surface area contributed by atoms with Crippen molar-refractivity contribution < 1.29 is 8.42 Å². The lowest BCUT2D eigenvalue weighted by Gasteiger charge is -2.31. The van der Waals surface area contributed by atoms with Gasteiger partial charge < -0.3 is 4.57 Å². The van der Waals surface area contributed by atoms with Crippen molar-refractivity contribution in [2.45, 2.75) is 44.0 Å². The molecule has 0 bridgehead atoms. The monoisotopic (exact) mass is 348 g/mol. The predicted molar refractivity (Wildman–Crippen MR) is 92.0 cm³/mol. The summed E-state index contributed by atoms with van der Waals surface area (Å²) >= 11 is 0. The molecule has 1 aliphatic heterocycles. The number of hydrogen-bond acceptors (Lipinski definition) is 4. The molecule has 0 aromatic carbocycles. The fourth-order valence-electron chi connectivity index (χ4n) is 3.23. The van der Waals surface area contributed by atoms with E-state index in [0.29, 0.717) is 24.9 Å². The number of aromatic nitrogens is 3. The van der Waals surface area contributed by atoms with E-state index in [9.17, 15) is 8.42 Å². The Labute approximate surface area is 143 Å². The highest BCUT2D eigenvalue weighted by Gasteiger charge is 2.29. The number of rotatable bonds is 5. The predicted octanol–water partition coefficient (Wildman–Crippen LogP) is 2.50. The highest BCUT2D eigenvalue weighted by Crippen LogP contribution is 2.25. The Morgan fingerprint density at radius 2 is 2.00 bits per heavy atom. The van der Waals surface area contributed by atoms with Crippen molar-refractivity contribution in [3.05, 3.63) is 42.7 Å². The number of imidazole rings is 1. The Bertz CT molecular complexity index is 763. The third-order valence-electron chi connectivity index (χ3n) is 4.56. The minimum atomic E-state index is -3.42. The van der Waals surface area contributed by atoms with E-state index >= 15 is 0 Å². The minimum Gasteiger partial charge on any atom is -0.334 e. The summed E-state index contributed by atoms with van der Waals surface area (Å²) in [5.41, 5.74) is 0. The van der Waals surface area contributed by atoms with Crippen molar-refractivity contribution in [1.82, 2.24) is 18.8 Å². The van der Waals surface area contributed by atoms with Gasteiger partial charge in [0.05, 0.1) is 0 Å². The van der Waals surface area contributed by atoms with Crippen LogP contribution in [0.3, 0.4) is 0 Å². The van der Waals surface area contributed by atoms with Crippen LogP contribution in [0, 0.1) is 5.92 Å². The van der Waals surface area contributed by atoms with Crippen LogP contribution >= 0.6 is 0 Å². The van der Waals surface area contributed by atoms with Crippen molar-refractivity contribution >= 4 is 10.0 Å². The van der Waals surface area contributed by atoms with Gasteiger partial charge in [0.2, 0.25) is 10.0 Å². The zero-order chi connectivity index (χ0) is 17.2. The summed E-state index contributed by atoms with van der Waals surface area (Å²) in [5, 5.41) is 0. The summed E-state index contributed by atoms with van der Waals surface area (Å²) in [4.78, 5) is 8.62. The number of nitrogens with zero attached hydrogens (tertiary/aromatic N) is 4. The lowest BCUT2D eigenvalue weighted by atomic mass is 9.98. The fourth-order valence-corrected chi connectivity index (χ4v) is 4.67. The quantitative estimate of drug-likeness (QED) is 0.832. The van der Waals surface area contributed by atoms with Crippen LogP contribution in [0.2, 0.25) is 0 Å². The number of sulfonamides is 1. The van der Waals surface area contributed by atoms with Crippen LogP contribution in [-0.4, -0.2) is 40.3 Å². The highest BCUT2D eigenvalue weighted by atomic mass is 32.2. The first-order valence-corrected chi connectivity index (χ1v) is 9.83. The fraction of sp³-hybridized carbons (Fsp3) is 0.529. The van der Waals surface area contributed by atoms with Gasteiger partial charge in [-0.15, -0.1) is 0 Å². The van der Waals surface area contributed by atoms with Crippen LogP contribution in [0.4, 0.5) is 0 Å². The molecule has 1 saturated heterocycles. The van der Waals surface area contributed by atoms with E-state index in [1.54, 1.807) is 22.6 Å². The molecule has 6 nitrogen and oxygen atoms in total. The molecular weight excluding hydrogens is 324 g/mol. The third-order valence-corrected chi connectivity index (χ3v) is 6.45. The standard InChI is InChI=1S/C17H24N4O2S/c1-14(2)17-19-8-11-20(17)13-15-5-9-21(10-6-15)24(22,23)16-4-3-7-18-12-16/h3-4,7-8,11-12,14-15H,5-6,9-10,13H2,1-2H3. The second kappa shape index (κ2) is 7.03. The number of pyridine rings is 1. The lowest BCUT2D eigenvalue weighted by Crippen LogP contribution is -2.39. The van der Waals surface area contributed by atoms with Gasteiger partial charge in [0.15, 0.2) is 0 Å². The maximum absolute atomic E-state index is 12.6. The van der Waals surface area contributed by atoms with Gasteiger partial charge in [-0.3, -0.25) is 4.98 Å². The Morgan fingerprint density at radius 1 is 1.25 bits per heavy atom. The molecule has 0 atom stereocenters. The summed E-state index contributed by atoms with van der Waals surface area (Å²) in [6, 6.07) is 3.26. The molecule has 2 aromatic heterocycles. The molecule has 2 aromatic rings. The number of piperidine rings is 1. The second-order valence-corrected chi connectivity index (χ2v) is 8.57. The van der Waals surface area contributed by atoms with Crippen LogP contribution in [0.25, 0.3) is 0 Å². The van der Waals surface area contributed by atoms with Gasteiger partial charge in [0, 0.05) is 50.3 Å². The molecule has 1 fully saturated rings. The maximum atomic E-state index is 12.6.